The Labute approximate surface area is 108 Å². The fourth-order valence-corrected chi connectivity index (χ4v) is 1.46. The molecule has 1 rings (SSSR count). The monoisotopic (exact) mass is 236 g/mol. The summed E-state index contributed by atoms with van der Waals surface area (Å²) in [4.78, 5) is 8.69. The Bertz CT molecular complexity index is 524. The first kappa shape index (κ1) is 13.6. The number of aromatic nitrogens is 1. The molecular formula is C16H16N2. The van der Waals surface area contributed by atoms with Crippen LogP contribution < -0.4 is 0 Å². The summed E-state index contributed by atoms with van der Waals surface area (Å²) >= 11 is 0. The molecule has 0 aliphatic carbocycles. The van der Waals surface area contributed by atoms with E-state index in [1.807, 2.05) is 12.1 Å². The third kappa shape index (κ3) is 3.01. The quantitative estimate of drug-likeness (QED) is 0.540. The van der Waals surface area contributed by atoms with E-state index in [4.69, 9.17) is 0 Å². The highest BCUT2D eigenvalue weighted by Gasteiger charge is 2.08. The molecule has 0 radical (unpaired) electrons. The number of hydrogen-bond donors (Lipinski definition) is 0. The molecule has 0 aliphatic rings. The van der Waals surface area contributed by atoms with Gasteiger partial charge in [-0.25, -0.2) is 0 Å². The summed E-state index contributed by atoms with van der Waals surface area (Å²) in [5.41, 5.74) is 3.18. The molecule has 1 aromatic heterocycles. The molecule has 0 bridgehead atoms. The summed E-state index contributed by atoms with van der Waals surface area (Å²) in [6, 6.07) is 3.79. The van der Waals surface area contributed by atoms with Crippen molar-refractivity contribution < 1.29 is 0 Å². The number of nitrogens with zero attached hydrogens (tertiary/aromatic N) is 2. The van der Waals surface area contributed by atoms with Crippen LogP contribution in [0.5, 0.6) is 0 Å². The Hall–Kier alpha value is -2.48. The molecule has 0 N–H and O–H groups in total. The Balaban J connectivity index is 3.52. The van der Waals surface area contributed by atoms with Gasteiger partial charge in [-0.05, 0) is 6.07 Å². The number of rotatable bonds is 6. The first-order chi connectivity index (χ1) is 8.78. The molecule has 0 atom stereocenters. The van der Waals surface area contributed by atoms with E-state index in [1.54, 1.807) is 36.7 Å². The second-order valence-electron chi connectivity index (χ2n) is 3.37. The molecule has 0 aliphatic heterocycles. The first-order valence-corrected chi connectivity index (χ1v) is 5.50. The van der Waals surface area contributed by atoms with Gasteiger partial charge in [0.2, 0.25) is 0 Å². The molecule has 2 nitrogen and oxygen atoms in total. The Morgan fingerprint density at radius 2 is 1.89 bits per heavy atom. The summed E-state index contributed by atoms with van der Waals surface area (Å²) in [5, 5.41) is 0. The number of allylic oxidation sites excluding steroid dienone is 4. The van der Waals surface area contributed by atoms with Crippen LogP contribution in [0.2, 0.25) is 0 Å². The van der Waals surface area contributed by atoms with Gasteiger partial charge in [0.1, 0.15) is 0 Å². The van der Waals surface area contributed by atoms with Crippen LogP contribution in [0.4, 0.5) is 0 Å². The normalized spacial score (nSPS) is 9.78. The minimum atomic E-state index is 0.704. The highest BCUT2D eigenvalue weighted by Crippen LogP contribution is 2.23. The average molecular weight is 236 g/mol. The van der Waals surface area contributed by atoms with Crippen molar-refractivity contribution in [1.29, 1.82) is 0 Å². The molecule has 18 heavy (non-hydrogen) atoms. The Morgan fingerprint density at radius 1 is 1.17 bits per heavy atom. The largest absolute Gasteiger partial charge is 0.254 e. The van der Waals surface area contributed by atoms with E-state index in [9.17, 15) is 0 Å². The lowest BCUT2D eigenvalue weighted by Crippen LogP contribution is -1.94. The van der Waals surface area contributed by atoms with E-state index in [1.165, 1.54) is 0 Å². The molecule has 0 unspecified atom stereocenters. The minimum absolute atomic E-state index is 0.704. The van der Waals surface area contributed by atoms with E-state index >= 15 is 0 Å². The number of hydrogen-bond acceptors (Lipinski definition) is 2. The smallest absolute Gasteiger partial charge is 0.0964 e. The van der Waals surface area contributed by atoms with Crippen molar-refractivity contribution in [2.24, 2.45) is 4.99 Å². The second-order valence-corrected chi connectivity index (χ2v) is 3.37. The second kappa shape index (κ2) is 6.97. The molecule has 90 valence electrons. The molecule has 0 saturated carbocycles. The molecule has 0 fully saturated rings. The van der Waals surface area contributed by atoms with Gasteiger partial charge in [0.15, 0.2) is 0 Å². The van der Waals surface area contributed by atoms with E-state index < -0.39 is 0 Å². The lowest BCUT2D eigenvalue weighted by atomic mass is 10.1. The predicted molar refractivity (Wildman–Crippen MR) is 80.3 cm³/mol. The van der Waals surface area contributed by atoms with Gasteiger partial charge in [-0.2, -0.15) is 0 Å². The van der Waals surface area contributed by atoms with Crippen LogP contribution in [0.25, 0.3) is 11.8 Å². The van der Waals surface area contributed by atoms with Crippen LogP contribution >= 0.6 is 0 Å². The topological polar surface area (TPSA) is 25.2 Å². The standard InChI is InChI=1S/C16H16N2/c1-5-11-17-15(13(6-2)7-3)16-14(8-4)10-9-12-18-16/h5-12H,1-4H2/b17-11-. The summed E-state index contributed by atoms with van der Waals surface area (Å²) in [6.07, 6.45) is 10.1. The molecule has 1 heterocycles. The summed E-state index contributed by atoms with van der Waals surface area (Å²) < 4.78 is 0. The lowest BCUT2D eigenvalue weighted by molar-refractivity contribution is 1.24. The van der Waals surface area contributed by atoms with Gasteiger partial charge in [0.25, 0.3) is 0 Å². The fourth-order valence-electron chi connectivity index (χ4n) is 1.46. The van der Waals surface area contributed by atoms with Crippen LogP contribution in [0.1, 0.15) is 11.3 Å². The van der Waals surface area contributed by atoms with Crippen molar-refractivity contribution >= 4 is 18.0 Å². The average Bonchev–Trinajstić information content (AvgIpc) is 2.43. The van der Waals surface area contributed by atoms with Gasteiger partial charge in [0, 0.05) is 23.5 Å². The zero-order chi connectivity index (χ0) is 13.4. The lowest BCUT2D eigenvalue weighted by Gasteiger charge is -2.07. The van der Waals surface area contributed by atoms with E-state index in [-0.39, 0.29) is 0 Å². The SMILES string of the molecule is C=C/C=N\C(=C(C=C)C=C)c1ncccc1C=C. The van der Waals surface area contributed by atoms with Crippen LogP contribution in [-0.2, 0) is 0 Å². The third-order valence-corrected chi connectivity index (χ3v) is 2.31. The molecule has 0 amide bonds. The summed E-state index contributed by atoms with van der Waals surface area (Å²) in [5.74, 6) is 0. The van der Waals surface area contributed by atoms with Gasteiger partial charge in [-0.1, -0.05) is 56.7 Å². The van der Waals surface area contributed by atoms with Crippen molar-refractivity contribution in [3.63, 3.8) is 0 Å². The maximum Gasteiger partial charge on any atom is 0.0964 e. The highest BCUT2D eigenvalue weighted by molar-refractivity contribution is 5.83. The van der Waals surface area contributed by atoms with Gasteiger partial charge in [-0.15, -0.1) is 0 Å². The maximum absolute atomic E-state index is 4.35. The van der Waals surface area contributed by atoms with Gasteiger partial charge in [0.05, 0.1) is 11.4 Å². The maximum atomic E-state index is 4.35. The summed E-state index contributed by atoms with van der Waals surface area (Å²) in [7, 11) is 0. The molecule has 0 aromatic carbocycles. The van der Waals surface area contributed by atoms with E-state index in [2.05, 4.69) is 36.3 Å². The van der Waals surface area contributed by atoms with Crippen LogP contribution in [0.15, 0.2) is 73.4 Å². The number of pyridine rings is 1. The fraction of sp³-hybridized carbons (Fsp3) is 0. The van der Waals surface area contributed by atoms with Gasteiger partial charge in [-0.3, -0.25) is 9.98 Å². The summed E-state index contributed by atoms with van der Waals surface area (Å²) in [6.45, 7) is 14.9. The minimum Gasteiger partial charge on any atom is -0.254 e. The van der Waals surface area contributed by atoms with Crippen LogP contribution in [0.3, 0.4) is 0 Å². The zero-order valence-electron chi connectivity index (χ0n) is 10.3. The van der Waals surface area contributed by atoms with Crippen molar-refractivity contribution in [3.8, 4) is 0 Å². The van der Waals surface area contributed by atoms with E-state index in [0.717, 1.165) is 16.8 Å². The molecule has 0 spiro atoms. The molecule has 2 heteroatoms. The van der Waals surface area contributed by atoms with Crippen LogP contribution in [-0.4, -0.2) is 11.2 Å². The molecular weight excluding hydrogens is 220 g/mol. The first-order valence-electron chi connectivity index (χ1n) is 5.50. The van der Waals surface area contributed by atoms with Gasteiger partial charge < -0.3 is 0 Å². The molecule has 0 saturated heterocycles. The highest BCUT2D eigenvalue weighted by atomic mass is 14.8. The molecule has 1 aromatic rings. The van der Waals surface area contributed by atoms with Crippen LogP contribution in [0, 0.1) is 0 Å². The van der Waals surface area contributed by atoms with Crippen molar-refractivity contribution in [3.05, 3.63) is 79.7 Å². The number of aliphatic imine (C=N–C) groups is 1. The van der Waals surface area contributed by atoms with Crippen molar-refractivity contribution in [1.82, 2.24) is 4.98 Å². The third-order valence-electron chi connectivity index (χ3n) is 2.31. The predicted octanol–water partition coefficient (Wildman–Crippen LogP) is 4.06. The Kier molecular flexibility index (Phi) is 5.26. The Morgan fingerprint density at radius 3 is 2.44 bits per heavy atom. The van der Waals surface area contributed by atoms with E-state index in [0.29, 0.717) is 5.70 Å². The van der Waals surface area contributed by atoms with Crippen molar-refractivity contribution in [2.45, 2.75) is 0 Å². The zero-order valence-corrected chi connectivity index (χ0v) is 10.3. The van der Waals surface area contributed by atoms with Crippen molar-refractivity contribution in [2.75, 3.05) is 0 Å². The van der Waals surface area contributed by atoms with Gasteiger partial charge >= 0.3 is 0 Å².